The van der Waals surface area contributed by atoms with Crippen molar-refractivity contribution in [2.24, 2.45) is 22.2 Å². The van der Waals surface area contributed by atoms with E-state index in [-0.39, 0.29) is 31.8 Å². The highest BCUT2D eigenvalue weighted by Crippen LogP contribution is 2.04. The Kier molecular flexibility index (Phi) is 15.0. The van der Waals surface area contributed by atoms with Crippen LogP contribution >= 0.6 is 11.8 Å². The Labute approximate surface area is 201 Å². The van der Waals surface area contributed by atoms with Gasteiger partial charge in [0.2, 0.25) is 17.7 Å². The predicted octanol–water partition coefficient (Wildman–Crippen LogP) is -2.46. The zero-order valence-electron chi connectivity index (χ0n) is 19.3. The number of amides is 3. The average Bonchev–Trinajstić information content (AvgIpc) is 2.75. The van der Waals surface area contributed by atoms with Crippen molar-refractivity contribution in [1.82, 2.24) is 16.0 Å². The minimum absolute atomic E-state index is 0.00214. The number of nitrogens with two attached hydrogens (primary N) is 3. The predicted molar refractivity (Wildman–Crippen MR) is 127 cm³/mol. The smallest absolute Gasteiger partial charge is 0.326 e. The number of hydrogen-bond acceptors (Lipinski definition) is 8. The van der Waals surface area contributed by atoms with Crippen molar-refractivity contribution in [2.45, 2.75) is 63.2 Å². The third-order valence-electron chi connectivity index (χ3n) is 4.56. The summed E-state index contributed by atoms with van der Waals surface area (Å²) in [6.45, 7) is 1.53. The lowest BCUT2D eigenvalue weighted by Gasteiger charge is -2.23. The molecule has 0 aliphatic heterocycles. The molecule has 0 bridgehead atoms. The van der Waals surface area contributed by atoms with Crippen molar-refractivity contribution < 1.29 is 34.2 Å². The average molecular weight is 506 g/mol. The van der Waals surface area contributed by atoms with Crippen molar-refractivity contribution in [1.29, 1.82) is 0 Å². The molecule has 11 N–H and O–H groups in total. The molecule has 3 amide bonds. The van der Waals surface area contributed by atoms with Crippen LogP contribution in [-0.2, 0) is 24.0 Å². The van der Waals surface area contributed by atoms with Gasteiger partial charge < -0.3 is 43.4 Å². The Morgan fingerprint density at radius 3 is 2.06 bits per heavy atom. The number of hydrogen-bond donors (Lipinski definition) is 8. The Balaban J connectivity index is 5.14. The summed E-state index contributed by atoms with van der Waals surface area (Å²) in [5.41, 5.74) is 16.2. The molecule has 0 heterocycles. The number of carbonyl (C=O) groups is 5. The maximum Gasteiger partial charge on any atom is 0.326 e. The van der Waals surface area contributed by atoms with Gasteiger partial charge in [0, 0.05) is 13.0 Å². The highest BCUT2D eigenvalue weighted by Gasteiger charge is 2.29. The topological polar surface area (TPSA) is 252 Å². The Hall–Kier alpha value is -3.07. The summed E-state index contributed by atoms with van der Waals surface area (Å²) in [7, 11) is 0. The van der Waals surface area contributed by atoms with E-state index in [2.05, 4.69) is 20.9 Å². The summed E-state index contributed by atoms with van der Waals surface area (Å²) in [6, 6.07) is -4.53. The van der Waals surface area contributed by atoms with Crippen molar-refractivity contribution in [2.75, 3.05) is 18.6 Å². The SMILES string of the molecule is CSCCC(N)C(=O)NC(C)C(=O)NC(CCC(=O)O)C(=O)NC(CCCN=C(N)N)C(=O)O. The first kappa shape index (κ1) is 30.9. The number of carboxylic acid groups (broad SMARTS) is 2. The molecule has 0 spiro atoms. The van der Waals surface area contributed by atoms with Gasteiger partial charge in [-0.2, -0.15) is 11.8 Å². The van der Waals surface area contributed by atoms with Crippen LogP contribution in [0.25, 0.3) is 0 Å². The van der Waals surface area contributed by atoms with Crippen LogP contribution in [0.1, 0.15) is 39.0 Å². The van der Waals surface area contributed by atoms with Crippen LogP contribution in [0.3, 0.4) is 0 Å². The van der Waals surface area contributed by atoms with E-state index in [1.54, 1.807) is 0 Å². The van der Waals surface area contributed by atoms with Crippen LogP contribution in [0.2, 0.25) is 0 Å². The molecule has 0 aromatic heterocycles. The van der Waals surface area contributed by atoms with Crippen molar-refractivity contribution >= 4 is 47.4 Å². The molecule has 194 valence electrons. The lowest BCUT2D eigenvalue weighted by Crippen LogP contribution is -2.56. The van der Waals surface area contributed by atoms with Gasteiger partial charge in [-0.3, -0.25) is 24.2 Å². The van der Waals surface area contributed by atoms with E-state index in [9.17, 15) is 29.1 Å². The Morgan fingerprint density at radius 2 is 1.53 bits per heavy atom. The molecule has 0 saturated heterocycles. The Morgan fingerprint density at radius 1 is 0.912 bits per heavy atom. The molecule has 0 radical (unpaired) electrons. The Bertz CT molecular complexity index is 747. The lowest BCUT2D eigenvalue weighted by atomic mass is 10.1. The molecule has 4 unspecified atom stereocenters. The van der Waals surface area contributed by atoms with Gasteiger partial charge >= 0.3 is 11.9 Å². The van der Waals surface area contributed by atoms with Gasteiger partial charge in [0.25, 0.3) is 0 Å². The fourth-order valence-electron chi connectivity index (χ4n) is 2.63. The number of aliphatic carboxylic acids is 2. The summed E-state index contributed by atoms with van der Waals surface area (Å²) < 4.78 is 0. The lowest BCUT2D eigenvalue weighted by molar-refractivity contribution is -0.143. The van der Waals surface area contributed by atoms with E-state index < -0.39 is 60.2 Å². The first-order valence-corrected chi connectivity index (χ1v) is 11.9. The molecule has 0 rings (SSSR count). The number of carbonyl (C=O) groups excluding carboxylic acids is 3. The number of nitrogens with zero attached hydrogens (tertiary/aromatic N) is 1. The molecular weight excluding hydrogens is 470 g/mol. The summed E-state index contributed by atoms with van der Waals surface area (Å²) >= 11 is 1.52. The van der Waals surface area contributed by atoms with Crippen molar-refractivity contribution in [3.05, 3.63) is 0 Å². The molecule has 0 aliphatic carbocycles. The molecule has 4 atom stereocenters. The van der Waals surface area contributed by atoms with E-state index in [1.165, 1.54) is 18.7 Å². The number of nitrogens with one attached hydrogen (secondary N) is 3. The van der Waals surface area contributed by atoms with Crippen molar-refractivity contribution in [3.8, 4) is 0 Å². The second-order valence-electron chi connectivity index (χ2n) is 7.46. The second-order valence-corrected chi connectivity index (χ2v) is 8.45. The standard InChI is InChI=1S/C19H35N7O7S/c1-10(24-16(30)11(20)7-9-34-2)15(29)25-12(5-6-14(27)28)17(31)26-13(18(32)33)4-3-8-23-19(21)22/h10-13H,3-9,20H2,1-2H3,(H,24,30)(H,25,29)(H,26,31)(H,27,28)(H,32,33)(H4,21,22,23). The third-order valence-corrected chi connectivity index (χ3v) is 5.21. The van der Waals surface area contributed by atoms with Gasteiger partial charge in [0.05, 0.1) is 6.04 Å². The normalized spacial score (nSPS) is 14.1. The molecule has 34 heavy (non-hydrogen) atoms. The largest absolute Gasteiger partial charge is 0.481 e. The monoisotopic (exact) mass is 505 g/mol. The first-order valence-electron chi connectivity index (χ1n) is 10.5. The van der Waals surface area contributed by atoms with Gasteiger partial charge in [0.1, 0.15) is 18.1 Å². The quantitative estimate of drug-likeness (QED) is 0.0584. The summed E-state index contributed by atoms with van der Waals surface area (Å²) in [5.74, 6) is -4.20. The van der Waals surface area contributed by atoms with Gasteiger partial charge in [-0.05, 0) is 44.6 Å². The third kappa shape index (κ3) is 13.5. The van der Waals surface area contributed by atoms with Crippen LogP contribution in [0.15, 0.2) is 4.99 Å². The maximum atomic E-state index is 12.7. The summed E-state index contributed by atoms with van der Waals surface area (Å²) in [6.07, 6.45) is 1.77. The number of rotatable bonds is 17. The zero-order chi connectivity index (χ0) is 26.3. The van der Waals surface area contributed by atoms with Crippen LogP contribution in [0, 0.1) is 0 Å². The second kappa shape index (κ2) is 16.5. The van der Waals surface area contributed by atoms with Crippen molar-refractivity contribution in [3.63, 3.8) is 0 Å². The minimum Gasteiger partial charge on any atom is -0.481 e. The number of thioether (sulfide) groups is 1. The number of guanidine groups is 1. The van der Waals surface area contributed by atoms with Crippen LogP contribution in [0.5, 0.6) is 0 Å². The zero-order valence-corrected chi connectivity index (χ0v) is 20.1. The fourth-order valence-corrected chi connectivity index (χ4v) is 3.12. The van der Waals surface area contributed by atoms with Gasteiger partial charge in [-0.1, -0.05) is 0 Å². The summed E-state index contributed by atoms with van der Waals surface area (Å²) in [4.78, 5) is 63.5. The molecule has 0 fully saturated rings. The van der Waals surface area contributed by atoms with Crippen LogP contribution in [0.4, 0.5) is 0 Å². The van der Waals surface area contributed by atoms with E-state index in [0.29, 0.717) is 12.2 Å². The van der Waals surface area contributed by atoms with Gasteiger partial charge in [-0.15, -0.1) is 0 Å². The molecular formula is C19H35N7O7S. The van der Waals surface area contributed by atoms with E-state index in [0.717, 1.165) is 0 Å². The molecule has 0 aromatic carbocycles. The molecule has 0 aliphatic rings. The van der Waals surface area contributed by atoms with E-state index in [1.807, 2.05) is 6.26 Å². The molecule has 0 saturated carbocycles. The highest BCUT2D eigenvalue weighted by molar-refractivity contribution is 7.98. The van der Waals surface area contributed by atoms with Gasteiger partial charge in [0.15, 0.2) is 5.96 Å². The van der Waals surface area contributed by atoms with Crippen LogP contribution in [-0.4, -0.2) is 88.6 Å². The van der Waals surface area contributed by atoms with Crippen LogP contribution < -0.4 is 33.2 Å². The van der Waals surface area contributed by atoms with E-state index in [4.69, 9.17) is 22.3 Å². The molecule has 14 nitrogen and oxygen atoms in total. The molecule has 15 heteroatoms. The summed E-state index contributed by atoms with van der Waals surface area (Å²) in [5, 5.41) is 25.4. The number of aliphatic imine (C=N–C) groups is 1. The fraction of sp³-hybridized carbons (Fsp3) is 0.684. The first-order chi connectivity index (χ1) is 15.9. The number of carboxylic acids is 2. The highest BCUT2D eigenvalue weighted by atomic mass is 32.2. The van der Waals surface area contributed by atoms with Gasteiger partial charge in [-0.25, -0.2) is 4.79 Å². The minimum atomic E-state index is -1.34. The van der Waals surface area contributed by atoms with E-state index >= 15 is 0 Å². The molecule has 0 aromatic rings. The maximum absolute atomic E-state index is 12.7.